The number of nitrogens with one attached hydrogen (secondary N) is 3. The Bertz CT molecular complexity index is 1230. The quantitative estimate of drug-likeness (QED) is 0.357. The molecule has 3 aromatic heterocycles. The predicted molar refractivity (Wildman–Crippen MR) is 133 cm³/mol. The van der Waals surface area contributed by atoms with Crippen LogP contribution in [0, 0.1) is 0 Å². The van der Waals surface area contributed by atoms with Crippen LogP contribution < -0.4 is 20.9 Å². The molecule has 1 saturated heterocycles. The number of fused-ring (bicyclic) bond motifs is 1. The molecule has 168 valence electrons. The van der Waals surface area contributed by atoms with E-state index in [-0.39, 0.29) is 0 Å². The van der Waals surface area contributed by atoms with Gasteiger partial charge in [0.25, 0.3) is 0 Å². The number of anilines is 4. The average Bonchev–Trinajstić information content (AvgIpc) is 2.89. The number of hydrogen-bond donors (Lipinski definition) is 3. The first-order chi connectivity index (χ1) is 16.3. The molecule has 1 aliphatic heterocycles. The van der Waals surface area contributed by atoms with E-state index in [4.69, 9.17) is 9.97 Å². The second-order valence-electron chi connectivity index (χ2n) is 7.53. The van der Waals surface area contributed by atoms with E-state index in [0.29, 0.717) is 35.2 Å². The van der Waals surface area contributed by atoms with Crippen molar-refractivity contribution in [2.75, 3.05) is 48.0 Å². The SMILES string of the molecule is CSc1ccccc1Nc1nc(N2CCNCC2)nc2c(NCc3ccccn3)ncnc12. The van der Waals surface area contributed by atoms with E-state index >= 15 is 0 Å². The number of piperazine rings is 1. The Kier molecular flexibility index (Phi) is 6.45. The maximum absolute atomic E-state index is 4.89. The molecule has 0 bridgehead atoms. The summed E-state index contributed by atoms with van der Waals surface area (Å²) in [6, 6.07) is 14.0. The molecule has 1 fully saturated rings. The van der Waals surface area contributed by atoms with Gasteiger partial charge in [-0.2, -0.15) is 4.98 Å². The highest BCUT2D eigenvalue weighted by Crippen LogP contribution is 2.32. The van der Waals surface area contributed by atoms with Crippen molar-refractivity contribution in [3.05, 3.63) is 60.7 Å². The lowest BCUT2D eigenvalue weighted by molar-refractivity contribution is 0.581. The Labute approximate surface area is 196 Å². The van der Waals surface area contributed by atoms with Crippen molar-refractivity contribution in [1.82, 2.24) is 30.2 Å². The Morgan fingerprint density at radius 1 is 0.939 bits per heavy atom. The molecule has 10 heteroatoms. The lowest BCUT2D eigenvalue weighted by Gasteiger charge is -2.28. The summed E-state index contributed by atoms with van der Waals surface area (Å²) in [7, 11) is 0. The van der Waals surface area contributed by atoms with E-state index in [9.17, 15) is 0 Å². The summed E-state index contributed by atoms with van der Waals surface area (Å²) in [5, 5.41) is 10.3. The van der Waals surface area contributed by atoms with Gasteiger partial charge in [0, 0.05) is 37.3 Å². The molecule has 9 nitrogen and oxygen atoms in total. The molecule has 0 atom stereocenters. The number of hydrogen-bond acceptors (Lipinski definition) is 10. The number of pyridine rings is 1. The van der Waals surface area contributed by atoms with Gasteiger partial charge in [0.15, 0.2) is 11.6 Å². The summed E-state index contributed by atoms with van der Waals surface area (Å²) in [4.78, 5) is 26.5. The van der Waals surface area contributed by atoms with Crippen LogP contribution in [-0.4, -0.2) is 57.4 Å². The third kappa shape index (κ3) is 4.81. The zero-order valence-electron chi connectivity index (χ0n) is 18.3. The monoisotopic (exact) mass is 459 g/mol. The lowest BCUT2D eigenvalue weighted by atomic mass is 10.3. The van der Waals surface area contributed by atoms with Crippen LogP contribution in [0.5, 0.6) is 0 Å². The van der Waals surface area contributed by atoms with E-state index < -0.39 is 0 Å². The van der Waals surface area contributed by atoms with Crippen LogP contribution in [0.15, 0.2) is 59.9 Å². The third-order valence-corrected chi connectivity index (χ3v) is 6.19. The van der Waals surface area contributed by atoms with Crippen LogP contribution in [0.4, 0.5) is 23.3 Å². The van der Waals surface area contributed by atoms with E-state index in [2.05, 4.69) is 48.1 Å². The molecule has 4 heterocycles. The smallest absolute Gasteiger partial charge is 0.228 e. The molecule has 4 aromatic rings. The van der Waals surface area contributed by atoms with Crippen LogP contribution >= 0.6 is 11.8 Å². The zero-order valence-corrected chi connectivity index (χ0v) is 19.1. The molecular formula is C23H25N9S. The molecular weight excluding hydrogens is 434 g/mol. The Balaban J connectivity index is 1.57. The van der Waals surface area contributed by atoms with Crippen LogP contribution in [-0.2, 0) is 6.54 Å². The fourth-order valence-corrected chi connectivity index (χ4v) is 4.26. The van der Waals surface area contributed by atoms with Crippen molar-refractivity contribution in [3.8, 4) is 0 Å². The van der Waals surface area contributed by atoms with Crippen LogP contribution in [0.25, 0.3) is 11.0 Å². The molecule has 0 amide bonds. The summed E-state index contributed by atoms with van der Waals surface area (Å²) in [5.41, 5.74) is 3.26. The van der Waals surface area contributed by atoms with Crippen molar-refractivity contribution in [2.45, 2.75) is 11.4 Å². The number of aromatic nitrogens is 5. The topological polar surface area (TPSA) is 104 Å². The number of benzene rings is 1. The van der Waals surface area contributed by atoms with Gasteiger partial charge in [-0.3, -0.25) is 4.98 Å². The maximum Gasteiger partial charge on any atom is 0.228 e. The van der Waals surface area contributed by atoms with Gasteiger partial charge in [0.1, 0.15) is 17.4 Å². The van der Waals surface area contributed by atoms with Gasteiger partial charge in [-0.15, -0.1) is 11.8 Å². The minimum Gasteiger partial charge on any atom is -0.362 e. The molecule has 0 saturated carbocycles. The van der Waals surface area contributed by atoms with Gasteiger partial charge in [-0.25, -0.2) is 15.0 Å². The van der Waals surface area contributed by atoms with Gasteiger partial charge in [-0.05, 0) is 30.5 Å². The zero-order chi connectivity index (χ0) is 22.5. The van der Waals surface area contributed by atoms with E-state index in [1.807, 2.05) is 36.4 Å². The number of rotatable bonds is 7. The highest BCUT2D eigenvalue weighted by molar-refractivity contribution is 7.98. The molecule has 0 aliphatic carbocycles. The minimum absolute atomic E-state index is 0.540. The molecule has 1 aliphatic rings. The first-order valence-electron chi connectivity index (χ1n) is 10.8. The van der Waals surface area contributed by atoms with Crippen molar-refractivity contribution >= 4 is 46.1 Å². The number of thioether (sulfide) groups is 1. The minimum atomic E-state index is 0.540. The summed E-state index contributed by atoms with van der Waals surface area (Å²) in [5.74, 6) is 1.99. The first kappa shape index (κ1) is 21.4. The van der Waals surface area contributed by atoms with E-state index in [1.165, 1.54) is 0 Å². The van der Waals surface area contributed by atoms with Crippen molar-refractivity contribution in [1.29, 1.82) is 0 Å². The van der Waals surface area contributed by atoms with Crippen molar-refractivity contribution in [2.24, 2.45) is 0 Å². The maximum atomic E-state index is 4.89. The standard InChI is InChI=1S/C23H25N9S/c1-33-18-8-3-2-7-17(18)29-22-19-20(30-23(31-22)32-12-10-24-11-13-32)21(28-15-27-19)26-14-16-6-4-5-9-25-16/h2-9,15,24H,10-14H2,1H3,(H,26,27,28)(H,29,30,31). The fourth-order valence-electron chi connectivity index (χ4n) is 3.71. The molecule has 5 rings (SSSR count). The molecule has 3 N–H and O–H groups in total. The van der Waals surface area contributed by atoms with Gasteiger partial charge in [-0.1, -0.05) is 18.2 Å². The second kappa shape index (κ2) is 9.97. The molecule has 0 unspecified atom stereocenters. The normalized spacial score (nSPS) is 13.8. The van der Waals surface area contributed by atoms with Gasteiger partial charge < -0.3 is 20.9 Å². The highest BCUT2D eigenvalue weighted by Gasteiger charge is 2.19. The van der Waals surface area contributed by atoms with Gasteiger partial charge >= 0.3 is 0 Å². The second-order valence-corrected chi connectivity index (χ2v) is 8.38. The molecule has 0 radical (unpaired) electrons. The predicted octanol–water partition coefficient (Wildman–Crippen LogP) is 3.30. The lowest BCUT2D eigenvalue weighted by Crippen LogP contribution is -2.44. The van der Waals surface area contributed by atoms with Crippen molar-refractivity contribution < 1.29 is 0 Å². The molecule has 33 heavy (non-hydrogen) atoms. The number of para-hydroxylation sites is 1. The van der Waals surface area contributed by atoms with Gasteiger partial charge in [0.2, 0.25) is 5.95 Å². The summed E-state index contributed by atoms with van der Waals surface area (Å²) >= 11 is 1.68. The van der Waals surface area contributed by atoms with Crippen LogP contribution in [0.3, 0.4) is 0 Å². The Hall–Kier alpha value is -3.50. The summed E-state index contributed by atoms with van der Waals surface area (Å²) in [6.45, 7) is 4.02. The van der Waals surface area contributed by atoms with Crippen molar-refractivity contribution in [3.63, 3.8) is 0 Å². The first-order valence-corrected chi connectivity index (χ1v) is 12.1. The van der Waals surface area contributed by atoms with Crippen LogP contribution in [0.1, 0.15) is 5.69 Å². The number of nitrogens with zero attached hydrogens (tertiary/aromatic N) is 6. The van der Waals surface area contributed by atoms with E-state index in [0.717, 1.165) is 42.5 Å². The van der Waals surface area contributed by atoms with Gasteiger partial charge in [0.05, 0.1) is 17.9 Å². The summed E-state index contributed by atoms with van der Waals surface area (Å²) < 4.78 is 0. The third-order valence-electron chi connectivity index (χ3n) is 5.39. The molecule has 1 aromatic carbocycles. The molecule has 0 spiro atoms. The largest absolute Gasteiger partial charge is 0.362 e. The highest BCUT2D eigenvalue weighted by atomic mass is 32.2. The summed E-state index contributed by atoms with van der Waals surface area (Å²) in [6.07, 6.45) is 5.39. The Morgan fingerprint density at radius 2 is 1.79 bits per heavy atom. The average molecular weight is 460 g/mol. The fraction of sp³-hybridized carbons (Fsp3) is 0.261. The van der Waals surface area contributed by atoms with Crippen LogP contribution in [0.2, 0.25) is 0 Å². The van der Waals surface area contributed by atoms with E-state index in [1.54, 1.807) is 24.3 Å². The Morgan fingerprint density at radius 3 is 2.61 bits per heavy atom.